The average molecular weight is 361 g/mol. The topological polar surface area (TPSA) is 71.1 Å². The Labute approximate surface area is 154 Å². The van der Waals surface area contributed by atoms with Crippen molar-refractivity contribution in [2.75, 3.05) is 53.5 Å². The SMILES string of the molecule is CN(C)CCNC(=O)c1ccc(C(=O)N2CCC3(CC2)OCCO3)cc1. The number of amides is 2. The number of hydrogen-bond donors (Lipinski definition) is 1. The summed E-state index contributed by atoms with van der Waals surface area (Å²) in [6, 6.07) is 6.84. The molecule has 0 atom stereocenters. The number of benzene rings is 1. The van der Waals surface area contributed by atoms with Crippen LogP contribution in [0.2, 0.25) is 0 Å². The van der Waals surface area contributed by atoms with E-state index in [0.717, 1.165) is 6.54 Å². The molecule has 1 spiro atoms. The smallest absolute Gasteiger partial charge is 0.253 e. The molecular weight excluding hydrogens is 334 g/mol. The Balaban J connectivity index is 1.53. The summed E-state index contributed by atoms with van der Waals surface area (Å²) in [7, 11) is 3.92. The molecule has 7 nitrogen and oxygen atoms in total. The lowest BCUT2D eigenvalue weighted by Gasteiger charge is -2.37. The van der Waals surface area contributed by atoms with Gasteiger partial charge >= 0.3 is 0 Å². The Kier molecular flexibility index (Phi) is 5.90. The Morgan fingerprint density at radius 2 is 1.65 bits per heavy atom. The predicted octanol–water partition coefficient (Wildman–Crippen LogP) is 0.957. The molecule has 1 N–H and O–H groups in total. The Morgan fingerprint density at radius 1 is 1.08 bits per heavy atom. The van der Waals surface area contributed by atoms with E-state index in [1.807, 2.05) is 23.9 Å². The van der Waals surface area contributed by atoms with E-state index in [1.165, 1.54) is 0 Å². The van der Waals surface area contributed by atoms with Crippen LogP contribution in [0.15, 0.2) is 24.3 Å². The van der Waals surface area contributed by atoms with Gasteiger partial charge in [0.1, 0.15) is 0 Å². The minimum atomic E-state index is -0.481. The van der Waals surface area contributed by atoms with Gasteiger partial charge in [-0.2, -0.15) is 0 Å². The second kappa shape index (κ2) is 8.16. The van der Waals surface area contributed by atoms with Gasteiger partial charge in [-0.25, -0.2) is 0 Å². The first-order chi connectivity index (χ1) is 12.5. The number of nitrogens with one attached hydrogen (secondary N) is 1. The van der Waals surface area contributed by atoms with Crippen molar-refractivity contribution in [2.45, 2.75) is 18.6 Å². The van der Waals surface area contributed by atoms with Gasteiger partial charge in [-0.15, -0.1) is 0 Å². The van der Waals surface area contributed by atoms with E-state index in [0.29, 0.717) is 56.8 Å². The standard InChI is InChI=1S/C19H27N3O4/c1-21(2)12-9-20-17(23)15-3-5-16(6-4-15)18(24)22-10-7-19(8-11-22)25-13-14-26-19/h3-6H,7-14H2,1-2H3,(H,20,23). The highest BCUT2D eigenvalue weighted by atomic mass is 16.7. The zero-order chi connectivity index (χ0) is 18.6. The molecule has 142 valence electrons. The van der Waals surface area contributed by atoms with Gasteiger partial charge in [0.15, 0.2) is 5.79 Å². The molecule has 2 fully saturated rings. The lowest BCUT2D eigenvalue weighted by atomic mass is 10.0. The van der Waals surface area contributed by atoms with E-state index < -0.39 is 5.79 Å². The van der Waals surface area contributed by atoms with Gasteiger partial charge in [-0.3, -0.25) is 9.59 Å². The van der Waals surface area contributed by atoms with Gasteiger partial charge in [0.25, 0.3) is 11.8 Å². The first-order valence-electron chi connectivity index (χ1n) is 9.09. The van der Waals surface area contributed by atoms with Crippen molar-refractivity contribution in [3.8, 4) is 0 Å². The second-order valence-corrected chi connectivity index (χ2v) is 7.04. The average Bonchev–Trinajstić information content (AvgIpc) is 3.09. The van der Waals surface area contributed by atoms with Crippen LogP contribution in [0.1, 0.15) is 33.6 Å². The third kappa shape index (κ3) is 4.41. The van der Waals surface area contributed by atoms with Crippen LogP contribution in [0, 0.1) is 0 Å². The van der Waals surface area contributed by atoms with Crippen LogP contribution in [0.3, 0.4) is 0 Å². The van der Waals surface area contributed by atoms with Crippen LogP contribution in [-0.4, -0.2) is 80.9 Å². The molecule has 0 bridgehead atoms. The van der Waals surface area contributed by atoms with Crippen LogP contribution < -0.4 is 5.32 Å². The van der Waals surface area contributed by atoms with Gasteiger partial charge in [-0.1, -0.05) is 0 Å². The van der Waals surface area contributed by atoms with Gasteiger partial charge in [0.2, 0.25) is 0 Å². The largest absolute Gasteiger partial charge is 0.351 e. The zero-order valence-corrected chi connectivity index (χ0v) is 15.5. The molecular formula is C19H27N3O4. The summed E-state index contributed by atoms with van der Waals surface area (Å²) in [4.78, 5) is 28.6. The molecule has 0 unspecified atom stereocenters. The van der Waals surface area contributed by atoms with Crippen LogP contribution in [0.4, 0.5) is 0 Å². The van der Waals surface area contributed by atoms with Gasteiger partial charge in [-0.05, 0) is 38.4 Å². The number of piperidine rings is 1. The highest BCUT2D eigenvalue weighted by Gasteiger charge is 2.40. The fourth-order valence-electron chi connectivity index (χ4n) is 3.28. The summed E-state index contributed by atoms with van der Waals surface area (Å²) in [6.45, 7) is 3.87. The van der Waals surface area contributed by atoms with Crippen LogP contribution in [0.5, 0.6) is 0 Å². The van der Waals surface area contributed by atoms with Crippen molar-refractivity contribution in [3.63, 3.8) is 0 Å². The molecule has 1 aromatic carbocycles. The molecule has 1 aromatic rings. The molecule has 2 heterocycles. The number of carbonyl (C=O) groups is 2. The lowest BCUT2D eigenvalue weighted by molar-refractivity contribution is -0.181. The first kappa shape index (κ1) is 18.8. The molecule has 0 saturated carbocycles. The number of carbonyl (C=O) groups excluding carboxylic acids is 2. The van der Waals surface area contributed by atoms with E-state index in [4.69, 9.17) is 9.47 Å². The monoisotopic (exact) mass is 361 g/mol. The van der Waals surface area contributed by atoms with Crippen molar-refractivity contribution in [1.82, 2.24) is 15.1 Å². The maximum Gasteiger partial charge on any atom is 0.253 e. The van der Waals surface area contributed by atoms with Crippen LogP contribution in [-0.2, 0) is 9.47 Å². The maximum absolute atomic E-state index is 12.7. The van der Waals surface area contributed by atoms with Crippen LogP contribution >= 0.6 is 0 Å². The van der Waals surface area contributed by atoms with Crippen molar-refractivity contribution < 1.29 is 19.1 Å². The van der Waals surface area contributed by atoms with Gasteiger partial charge in [0, 0.05) is 50.1 Å². The molecule has 2 aliphatic rings. The third-order valence-electron chi connectivity index (χ3n) is 4.86. The highest BCUT2D eigenvalue weighted by molar-refractivity contribution is 5.97. The van der Waals surface area contributed by atoms with Crippen molar-refractivity contribution in [2.24, 2.45) is 0 Å². The van der Waals surface area contributed by atoms with E-state index in [1.54, 1.807) is 24.3 Å². The molecule has 2 amide bonds. The molecule has 7 heteroatoms. The molecule has 2 aliphatic heterocycles. The normalized spacial score (nSPS) is 19.1. The number of likely N-dealkylation sites (N-methyl/N-ethyl adjacent to an activating group) is 1. The summed E-state index contributed by atoms with van der Waals surface area (Å²) < 4.78 is 11.4. The predicted molar refractivity (Wildman–Crippen MR) is 97.1 cm³/mol. The Morgan fingerprint density at radius 3 is 2.23 bits per heavy atom. The molecule has 0 aliphatic carbocycles. The maximum atomic E-state index is 12.7. The van der Waals surface area contributed by atoms with Gasteiger partial charge < -0.3 is 24.6 Å². The van der Waals surface area contributed by atoms with E-state index in [2.05, 4.69) is 5.32 Å². The second-order valence-electron chi connectivity index (χ2n) is 7.04. The molecule has 3 rings (SSSR count). The minimum Gasteiger partial charge on any atom is -0.351 e. The molecule has 0 radical (unpaired) electrons. The Hall–Kier alpha value is -1.96. The Bertz CT molecular complexity index is 629. The number of hydrogen-bond acceptors (Lipinski definition) is 5. The van der Waals surface area contributed by atoms with E-state index in [-0.39, 0.29) is 11.8 Å². The highest BCUT2D eigenvalue weighted by Crippen LogP contribution is 2.31. The number of nitrogens with zero attached hydrogens (tertiary/aromatic N) is 2. The van der Waals surface area contributed by atoms with Crippen LogP contribution in [0.25, 0.3) is 0 Å². The summed E-state index contributed by atoms with van der Waals surface area (Å²) in [5.74, 6) is -0.621. The third-order valence-corrected chi connectivity index (χ3v) is 4.86. The molecule has 26 heavy (non-hydrogen) atoms. The summed E-state index contributed by atoms with van der Waals surface area (Å²) in [5, 5.41) is 2.87. The van der Waals surface area contributed by atoms with E-state index >= 15 is 0 Å². The molecule has 2 saturated heterocycles. The van der Waals surface area contributed by atoms with Crippen molar-refractivity contribution >= 4 is 11.8 Å². The number of ether oxygens (including phenoxy) is 2. The quantitative estimate of drug-likeness (QED) is 0.846. The van der Waals surface area contributed by atoms with E-state index in [9.17, 15) is 9.59 Å². The van der Waals surface area contributed by atoms with Crippen molar-refractivity contribution in [3.05, 3.63) is 35.4 Å². The minimum absolute atomic E-state index is 0.0163. The molecule has 0 aromatic heterocycles. The summed E-state index contributed by atoms with van der Waals surface area (Å²) in [5.41, 5.74) is 1.16. The number of rotatable bonds is 5. The summed E-state index contributed by atoms with van der Waals surface area (Å²) >= 11 is 0. The first-order valence-corrected chi connectivity index (χ1v) is 9.09. The lowest BCUT2D eigenvalue weighted by Crippen LogP contribution is -2.47. The fraction of sp³-hybridized carbons (Fsp3) is 0.579. The zero-order valence-electron chi connectivity index (χ0n) is 15.5. The number of likely N-dealkylation sites (tertiary alicyclic amines) is 1. The summed E-state index contributed by atoms with van der Waals surface area (Å²) in [6.07, 6.45) is 1.40. The fourth-order valence-corrected chi connectivity index (χ4v) is 3.28. The van der Waals surface area contributed by atoms with Crippen molar-refractivity contribution in [1.29, 1.82) is 0 Å². The van der Waals surface area contributed by atoms with Gasteiger partial charge in [0.05, 0.1) is 13.2 Å².